The second-order valence-corrected chi connectivity index (χ2v) is 19.0. The molecular weight excluding hydrogens is 948 g/mol. The highest BCUT2D eigenvalue weighted by molar-refractivity contribution is 9.09. The molecule has 0 aliphatic carbocycles. The topological polar surface area (TPSA) is 29.5 Å². The first-order valence-electron chi connectivity index (χ1n) is 24.5. The maximum absolute atomic E-state index is 8.56. The van der Waals surface area contributed by atoms with Crippen LogP contribution in [0.4, 0.5) is 0 Å². The van der Waals surface area contributed by atoms with Crippen molar-refractivity contribution in [2.75, 3.05) is 23.9 Å². The molecule has 0 saturated heterocycles. The highest BCUT2D eigenvalue weighted by Gasteiger charge is 2.37. The lowest BCUT2D eigenvalue weighted by Crippen LogP contribution is -2.33. The number of rotatable bonds is 28. The second kappa shape index (κ2) is 33.9. The van der Waals surface area contributed by atoms with E-state index in [-0.39, 0.29) is 0 Å². The van der Waals surface area contributed by atoms with Crippen molar-refractivity contribution in [2.45, 2.75) is 126 Å². The van der Waals surface area contributed by atoms with E-state index in [1.807, 2.05) is 54.6 Å². The van der Waals surface area contributed by atoms with E-state index in [4.69, 9.17) is 21.4 Å². The van der Waals surface area contributed by atoms with Crippen LogP contribution in [0.15, 0.2) is 182 Å². The first-order chi connectivity index (χ1) is 32.1. The molecule has 0 saturated carbocycles. The Labute approximate surface area is 415 Å². The summed E-state index contributed by atoms with van der Waals surface area (Å²) in [6.45, 7) is 1.12. The maximum Gasteiger partial charge on any atom is 0.143 e. The maximum atomic E-state index is 8.56. The van der Waals surface area contributed by atoms with Crippen LogP contribution >= 0.6 is 43.5 Å². The molecule has 0 aliphatic rings. The van der Waals surface area contributed by atoms with Gasteiger partial charge in [0.25, 0.3) is 0 Å². The number of hydrogen-bond acceptors (Lipinski definition) is 2. The average Bonchev–Trinajstić information content (AvgIpc) is 3.38. The van der Waals surface area contributed by atoms with Gasteiger partial charge in [0.1, 0.15) is 10.5 Å². The van der Waals surface area contributed by atoms with E-state index in [0.717, 1.165) is 46.8 Å². The van der Waals surface area contributed by atoms with Crippen LogP contribution in [0.2, 0.25) is 0 Å². The number of benzene rings is 6. The quantitative estimate of drug-likeness (QED) is 0.0301. The van der Waals surface area contributed by atoms with Gasteiger partial charge in [-0.05, 0) is 59.1 Å². The van der Waals surface area contributed by atoms with Crippen molar-refractivity contribution in [3.8, 4) is 0 Å². The molecule has 0 unspecified atom stereocenters. The minimum Gasteiger partial charge on any atom is -0.396 e. The molecule has 0 bridgehead atoms. The van der Waals surface area contributed by atoms with Gasteiger partial charge in [-0.2, -0.15) is 0 Å². The van der Waals surface area contributed by atoms with Crippen LogP contribution in [0.25, 0.3) is 0 Å². The SMILES string of the molecule is BrCCCCCCCCCCCOC(c1ccccc1)(c1ccccc1)c1ccccc1.ClC(c1ccccc1)(c1ccccc1)c1ccccc1.OCCCCCCCCCCCBr. The molecule has 348 valence electrons. The van der Waals surface area contributed by atoms with Crippen molar-refractivity contribution in [1.29, 1.82) is 0 Å². The predicted octanol–water partition coefficient (Wildman–Crippen LogP) is 18.0. The van der Waals surface area contributed by atoms with Crippen molar-refractivity contribution < 1.29 is 9.84 Å². The summed E-state index contributed by atoms with van der Waals surface area (Å²) in [5.74, 6) is 0. The molecule has 5 heteroatoms. The molecule has 0 radical (unpaired) electrons. The van der Waals surface area contributed by atoms with Gasteiger partial charge in [-0.15, -0.1) is 11.6 Å². The molecule has 6 aromatic carbocycles. The number of hydrogen-bond donors (Lipinski definition) is 1. The van der Waals surface area contributed by atoms with Crippen LogP contribution in [-0.2, 0) is 15.2 Å². The van der Waals surface area contributed by atoms with Gasteiger partial charge in [0.15, 0.2) is 0 Å². The Balaban J connectivity index is 0.000000238. The van der Waals surface area contributed by atoms with Crippen molar-refractivity contribution in [3.05, 3.63) is 215 Å². The number of aliphatic hydroxyl groups excluding tert-OH is 1. The summed E-state index contributed by atoms with van der Waals surface area (Å²) in [7, 11) is 0. The average molecular weight is 1020 g/mol. The monoisotopic (exact) mass is 1020 g/mol. The number of alkyl halides is 3. The van der Waals surface area contributed by atoms with E-state index in [9.17, 15) is 0 Å². The van der Waals surface area contributed by atoms with E-state index >= 15 is 0 Å². The number of halogens is 3. The molecule has 0 atom stereocenters. The summed E-state index contributed by atoms with van der Waals surface area (Å²) in [6, 6.07) is 62.7. The Morgan fingerprint density at radius 3 is 0.815 bits per heavy atom. The first kappa shape index (κ1) is 54.1. The predicted molar refractivity (Wildman–Crippen MR) is 288 cm³/mol. The molecule has 0 amide bonds. The zero-order valence-corrected chi connectivity index (χ0v) is 42.8. The molecule has 6 aromatic rings. The Bertz CT molecular complexity index is 1780. The van der Waals surface area contributed by atoms with Gasteiger partial charge in [0, 0.05) is 23.9 Å². The van der Waals surface area contributed by atoms with E-state index in [2.05, 4.69) is 159 Å². The Hall–Kier alpha value is -3.51. The molecule has 0 heterocycles. The number of ether oxygens (including phenoxy) is 1. The molecule has 2 nitrogen and oxygen atoms in total. The van der Waals surface area contributed by atoms with Gasteiger partial charge < -0.3 is 9.84 Å². The van der Waals surface area contributed by atoms with Gasteiger partial charge >= 0.3 is 0 Å². The summed E-state index contributed by atoms with van der Waals surface area (Å²) in [5, 5.41) is 10.9. The lowest BCUT2D eigenvalue weighted by atomic mass is 9.80. The Morgan fingerprint density at radius 1 is 0.323 bits per heavy atom. The third-order valence-corrected chi connectivity index (χ3v) is 13.7. The summed E-state index contributed by atoms with van der Waals surface area (Å²) in [5.41, 5.74) is 6.21. The van der Waals surface area contributed by atoms with E-state index in [1.54, 1.807) is 0 Å². The molecular formula is C60H75Br2ClO2. The summed E-state index contributed by atoms with van der Waals surface area (Å²) >= 11 is 14.1. The zero-order chi connectivity index (χ0) is 45.9. The fourth-order valence-electron chi connectivity index (χ4n) is 8.38. The van der Waals surface area contributed by atoms with Crippen LogP contribution < -0.4 is 0 Å². The van der Waals surface area contributed by atoms with Gasteiger partial charge in [-0.3, -0.25) is 0 Å². The highest BCUT2D eigenvalue weighted by Crippen LogP contribution is 2.43. The molecule has 6 rings (SSSR count). The third kappa shape index (κ3) is 19.0. The van der Waals surface area contributed by atoms with Crippen LogP contribution in [-0.4, -0.2) is 29.0 Å². The van der Waals surface area contributed by atoms with Crippen LogP contribution in [0.1, 0.15) is 149 Å². The lowest BCUT2D eigenvalue weighted by Gasteiger charge is -2.36. The minimum absolute atomic E-state index is 0.366. The van der Waals surface area contributed by atoms with Crippen molar-refractivity contribution in [3.63, 3.8) is 0 Å². The van der Waals surface area contributed by atoms with Crippen molar-refractivity contribution in [2.24, 2.45) is 0 Å². The highest BCUT2D eigenvalue weighted by atomic mass is 79.9. The fourth-order valence-corrected chi connectivity index (χ4v) is 9.55. The van der Waals surface area contributed by atoms with Crippen LogP contribution in [0.5, 0.6) is 0 Å². The second-order valence-electron chi connectivity index (χ2n) is 16.8. The summed E-state index contributed by atoms with van der Waals surface area (Å²) in [6.07, 6.45) is 23.5. The normalized spacial score (nSPS) is 11.3. The molecule has 0 aliphatic heterocycles. The standard InChI is InChI=1S/C30H37BrO.C19H15Cl.C11H23BrO/c31-25-17-6-4-2-1-3-5-7-18-26-32-30(27-19-11-8-12-20-27,28-21-13-9-14-22-28)29-23-15-10-16-24-29;20-19(16-10-4-1-5-11-16,17-12-6-2-7-13-17)18-14-8-3-9-15-18;12-10-8-6-4-2-1-3-5-7-9-11-13/h8-16,19-24H,1-7,17-18,25-26H2;1-15H;13H,1-11H2. The van der Waals surface area contributed by atoms with Gasteiger partial charge in [0.05, 0.1) is 0 Å². The first-order valence-corrected chi connectivity index (χ1v) is 27.1. The molecule has 0 spiro atoms. The largest absolute Gasteiger partial charge is 0.396 e. The van der Waals surface area contributed by atoms with Gasteiger partial charge in [-0.25, -0.2) is 0 Å². The minimum atomic E-state index is -0.649. The van der Waals surface area contributed by atoms with E-state index in [1.165, 1.54) is 119 Å². The van der Waals surface area contributed by atoms with Gasteiger partial charge in [-0.1, -0.05) is 304 Å². The molecule has 0 aromatic heterocycles. The lowest BCUT2D eigenvalue weighted by molar-refractivity contribution is 0.0106. The van der Waals surface area contributed by atoms with Gasteiger partial charge in [0.2, 0.25) is 0 Å². The van der Waals surface area contributed by atoms with Crippen LogP contribution in [0, 0.1) is 0 Å². The number of unbranched alkanes of at least 4 members (excludes halogenated alkanes) is 16. The van der Waals surface area contributed by atoms with E-state index in [0.29, 0.717) is 6.61 Å². The molecule has 0 fully saturated rings. The number of aliphatic hydroxyl groups is 1. The smallest absolute Gasteiger partial charge is 0.143 e. The van der Waals surface area contributed by atoms with E-state index < -0.39 is 10.5 Å². The molecule has 1 N–H and O–H groups in total. The summed E-state index contributed by atoms with van der Waals surface area (Å²) < 4.78 is 6.86. The fraction of sp³-hybridized carbons (Fsp3) is 0.400. The van der Waals surface area contributed by atoms with Crippen molar-refractivity contribution >= 4 is 43.5 Å². The zero-order valence-electron chi connectivity index (χ0n) is 38.9. The Kier molecular flexibility index (Phi) is 28.2. The van der Waals surface area contributed by atoms with Crippen LogP contribution in [0.3, 0.4) is 0 Å². The van der Waals surface area contributed by atoms with Crippen molar-refractivity contribution in [1.82, 2.24) is 0 Å². The summed E-state index contributed by atoms with van der Waals surface area (Å²) in [4.78, 5) is -0.649. The third-order valence-electron chi connectivity index (χ3n) is 11.9. The molecule has 65 heavy (non-hydrogen) atoms. The Morgan fingerprint density at radius 2 is 0.554 bits per heavy atom.